The van der Waals surface area contributed by atoms with Gasteiger partial charge in [0.2, 0.25) is 5.43 Å². The maximum atomic E-state index is 13.8. The van der Waals surface area contributed by atoms with Gasteiger partial charge >= 0.3 is 0 Å². The number of carbonyl (C=O) groups excluding carboxylic acids is 2. The maximum Gasteiger partial charge on any atom is 0.277 e. The molecule has 9 nitrogen and oxygen atoms in total. The van der Waals surface area contributed by atoms with Crippen molar-refractivity contribution in [3.63, 3.8) is 0 Å². The monoisotopic (exact) mass is 498 g/mol. The minimum Gasteiger partial charge on any atom is -0.502 e. The van der Waals surface area contributed by atoms with Crippen LogP contribution in [0.15, 0.2) is 41.3 Å². The Labute approximate surface area is 208 Å². The Kier molecular flexibility index (Phi) is 7.92. The average Bonchev–Trinajstić information content (AvgIpc) is 2.85. The van der Waals surface area contributed by atoms with E-state index in [1.807, 2.05) is 11.1 Å². The van der Waals surface area contributed by atoms with Crippen LogP contribution in [0, 0.1) is 5.82 Å². The minimum absolute atomic E-state index is 0.0162. The first-order valence-corrected chi connectivity index (χ1v) is 12.2. The molecule has 4 rings (SSSR count). The summed E-state index contributed by atoms with van der Waals surface area (Å²) in [7, 11) is 1.60. The lowest BCUT2D eigenvalue weighted by Gasteiger charge is -2.38. The summed E-state index contributed by atoms with van der Waals surface area (Å²) >= 11 is 0. The second kappa shape index (κ2) is 11.3. The van der Waals surface area contributed by atoms with Gasteiger partial charge in [0.25, 0.3) is 11.8 Å². The lowest BCUT2D eigenvalue weighted by Crippen LogP contribution is -2.53. The van der Waals surface area contributed by atoms with Gasteiger partial charge in [0, 0.05) is 38.0 Å². The number of hydrogen-bond acceptors (Lipinski definition) is 6. The number of rotatable bonds is 0. The van der Waals surface area contributed by atoms with Crippen LogP contribution in [0.2, 0.25) is 0 Å². The van der Waals surface area contributed by atoms with E-state index in [1.165, 1.54) is 34.0 Å². The van der Waals surface area contributed by atoms with Gasteiger partial charge in [-0.3, -0.25) is 24.1 Å². The fourth-order valence-electron chi connectivity index (χ4n) is 4.37. The van der Waals surface area contributed by atoms with E-state index in [0.717, 1.165) is 32.1 Å². The van der Waals surface area contributed by atoms with Crippen molar-refractivity contribution in [3.05, 3.63) is 69.4 Å². The highest BCUT2D eigenvalue weighted by Gasteiger charge is 2.32. The lowest BCUT2D eigenvalue weighted by atomic mass is 10.1. The molecule has 2 aromatic rings. The van der Waals surface area contributed by atoms with Crippen LogP contribution in [0.25, 0.3) is 0 Å². The summed E-state index contributed by atoms with van der Waals surface area (Å²) in [4.78, 5) is 40.0. The number of aromatic nitrogens is 1. The van der Waals surface area contributed by atoms with Crippen LogP contribution < -0.4 is 20.5 Å². The zero-order valence-corrected chi connectivity index (χ0v) is 20.3. The van der Waals surface area contributed by atoms with Crippen molar-refractivity contribution >= 4 is 11.8 Å². The average molecular weight is 499 g/mol. The Morgan fingerprint density at radius 1 is 1.06 bits per heavy atom. The molecule has 1 aromatic carbocycles. The number of amides is 2. The Morgan fingerprint density at radius 2 is 1.83 bits per heavy atom. The number of nitrogens with one attached hydrogen (secondary N) is 1. The van der Waals surface area contributed by atoms with Gasteiger partial charge in [0.15, 0.2) is 11.4 Å². The number of pyridine rings is 1. The Morgan fingerprint density at radius 3 is 2.67 bits per heavy atom. The number of nitrogens with zero attached hydrogens (tertiary/aromatic N) is 3. The van der Waals surface area contributed by atoms with Gasteiger partial charge in [-0.15, -0.1) is 0 Å². The predicted octanol–water partition coefficient (Wildman–Crippen LogP) is 2.89. The number of hydrogen-bond donors (Lipinski definition) is 2. The van der Waals surface area contributed by atoms with Gasteiger partial charge in [-0.25, -0.2) is 4.39 Å². The van der Waals surface area contributed by atoms with Gasteiger partial charge in [0.1, 0.15) is 23.8 Å². The van der Waals surface area contributed by atoms with Crippen LogP contribution in [0.3, 0.4) is 0 Å². The van der Waals surface area contributed by atoms with Crippen molar-refractivity contribution in [2.45, 2.75) is 45.1 Å². The molecule has 192 valence electrons. The smallest absolute Gasteiger partial charge is 0.277 e. The van der Waals surface area contributed by atoms with Crippen LogP contribution in [0.1, 0.15) is 64.9 Å². The largest absolute Gasteiger partial charge is 0.502 e. The van der Waals surface area contributed by atoms with Crippen LogP contribution >= 0.6 is 0 Å². The van der Waals surface area contributed by atoms with E-state index in [1.54, 1.807) is 7.05 Å². The molecule has 10 heteroatoms. The molecule has 2 aliphatic heterocycles. The predicted molar refractivity (Wildman–Crippen MR) is 132 cm³/mol. The first-order chi connectivity index (χ1) is 17.4. The van der Waals surface area contributed by atoms with E-state index >= 15 is 0 Å². The van der Waals surface area contributed by atoms with E-state index in [-0.39, 0.29) is 24.5 Å². The summed E-state index contributed by atoms with van der Waals surface area (Å²) < 4.78 is 21.0. The van der Waals surface area contributed by atoms with Crippen molar-refractivity contribution in [2.75, 3.05) is 31.9 Å². The van der Waals surface area contributed by atoms with Gasteiger partial charge in [0.05, 0.1) is 6.61 Å². The van der Waals surface area contributed by atoms with Crippen LogP contribution in [0.4, 0.5) is 4.39 Å². The van der Waals surface area contributed by atoms with Crippen molar-refractivity contribution in [3.8, 4) is 11.5 Å². The van der Waals surface area contributed by atoms with Crippen LogP contribution in [0.5, 0.6) is 11.5 Å². The normalized spacial score (nSPS) is 18.6. The summed E-state index contributed by atoms with van der Waals surface area (Å²) in [5, 5.41) is 15.1. The summed E-state index contributed by atoms with van der Waals surface area (Å²) in [5.74, 6) is -2.13. The zero-order chi connectivity index (χ0) is 25.7. The van der Waals surface area contributed by atoms with E-state index in [2.05, 4.69) is 11.4 Å². The summed E-state index contributed by atoms with van der Waals surface area (Å²) in [6.45, 7) is 1.19. The van der Waals surface area contributed by atoms with Gasteiger partial charge in [-0.05, 0) is 31.7 Å². The molecule has 2 bridgehead atoms. The fraction of sp³-hybridized carbons (Fsp3) is 0.423. The van der Waals surface area contributed by atoms with Crippen molar-refractivity contribution in [1.29, 1.82) is 0 Å². The topological polar surface area (TPSA) is 104 Å². The molecule has 2 N–H and O–H groups in total. The SMILES string of the molecule is CN1CN2CCCCCC/C=C\CCOc3cc(F)ccc3CNC(=O)c3cn2c(c(O)c3=O)C1=O. The van der Waals surface area contributed by atoms with Gasteiger partial charge < -0.3 is 20.1 Å². The number of ether oxygens (including phenoxy) is 1. The number of aromatic hydroxyl groups is 1. The second-order valence-corrected chi connectivity index (χ2v) is 9.03. The van der Waals surface area contributed by atoms with E-state index in [4.69, 9.17) is 4.74 Å². The molecule has 36 heavy (non-hydrogen) atoms. The Balaban J connectivity index is 1.67. The second-order valence-electron chi connectivity index (χ2n) is 9.03. The molecule has 1 aromatic heterocycles. The number of fused-ring (bicyclic) bond motifs is 2. The molecule has 0 saturated heterocycles. The third-order valence-electron chi connectivity index (χ3n) is 6.35. The molecule has 2 amide bonds. The van der Waals surface area contributed by atoms with E-state index < -0.39 is 28.8 Å². The Hall–Kier alpha value is -3.82. The highest BCUT2D eigenvalue weighted by atomic mass is 19.1. The highest BCUT2D eigenvalue weighted by molar-refractivity contribution is 5.99. The quantitative estimate of drug-likeness (QED) is 0.542. The molecular formula is C26H31FN4O5. The van der Waals surface area contributed by atoms with Crippen LogP contribution in [-0.4, -0.2) is 53.4 Å². The number of carbonyl (C=O) groups is 2. The number of benzene rings is 1. The molecule has 0 aliphatic carbocycles. The highest BCUT2D eigenvalue weighted by Crippen LogP contribution is 2.23. The molecule has 0 unspecified atom stereocenters. The first kappa shape index (κ1) is 25.3. The molecule has 3 heterocycles. The standard InChI is InChI=1S/C26H31FN4O5/c1-29-17-30-12-8-6-4-2-3-5-7-9-13-36-21-14-19(27)11-10-18(21)15-28-25(34)20-16-31(30)22(26(29)35)24(33)23(20)32/h5,7,10-11,14,16,33H,2-4,6,8-9,12-13,15,17H2,1H3,(H,28,34)/b7-5-. The summed E-state index contributed by atoms with van der Waals surface area (Å²) in [6.07, 6.45) is 11.0. The summed E-state index contributed by atoms with van der Waals surface area (Å²) in [5.41, 5.74) is -0.828. The number of halogens is 1. The van der Waals surface area contributed by atoms with Crippen LogP contribution in [-0.2, 0) is 6.54 Å². The number of allylic oxidation sites excluding steroid dienone is 1. The van der Waals surface area contributed by atoms with E-state index in [9.17, 15) is 23.9 Å². The van der Waals surface area contributed by atoms with Crippen molar-refractivity contribution in [2.24, 2.45) is 0 Å². The molecule has 2 aliphatic rings. The fourth-order valence-corrected chi connectivity index (χ4v) is 4.37. The lowest BCUT2D eigenvalue weighted by molar-refractivity contribution is 0.0730. The van der Waals surface area contributed by atoms with Crippen molar-refractivity contribution < 1.29 is 23.8 Å². The van der Waals surface area contributed by atoms with E-state index in [0.29, 0.717) is 30.9 Å². The maximum absolute atomic E-state index is 13.8. The molecular weight excluding hydrogens is 467 g/mol. The zero-order valence-electron chi connectivity index (χ0n) is 20.3. The third-order valence-corrected chi connectivity index (χ3v) is 6.35. The molecule has 0 spiro atoms. The molecule has 0 fully saturated rings. The third kappa shape index (κ3) is 5.53. The molecule has 0 saturated carbocycles. The molecule has 0 atom stereocenters. The minimum atomic E-state index is -0.924. The Bertz CT molecular complexity index is 1230. The van der Waals surface area contributed by atoms with Gasteiger partial charge in [-0.1, -0.05) is 31.1 Å². The first-order valence-electron chi connectivity index (χ1n) is 12.2. The summed E-state index contributed by atoms with van der Waals surface area (Å²) in [6, 6.07) is 4.04. The van der Waals surface area contributed by atoms with Gasteiger partial charge in [-0.2, -0.15) is 0 Å². The molecule has 0 radical (unpaired) electrons. The van der Waals surface area contributed by atoms with Crippen molar-refractivity contribution in [1.82, 2.24) is 14.9 Å².